The van der Waals surface area contributed by atoms with E-state index in [0.717, 1.165) is 6.42 Å². The molecule has 1 rings (SSSR count). The molecular weight excluding hydrogens is 304 g/mol. The second-order valence-corrected chi connectivity index (χ2v) is 6.59. The average molecular weight is 328 g/mol. The van der Waals surface area contributed by atoms with E-state index in [9.17, 15) is 9.59 Å². The maximum Gasteiger partial charge on any atom is 0.318 e. The molecule has 1 heterocycles. The number of esters is 1. The van der Waals surface area contributed by atoms with Crippen LogP contribution >= 0.6 is 11.3 Å². The van der Waals surface area contributed by atoms with Crippen molar-refractivity contribution in [3.63, 3.8) is 0 Å². The number of hydrogen-bond acceptors (Lipinski definition) is 6. The number of ether oxygens (including phenoxy) is 1. The fourth-order valence-electron chi connectivity index (χ4n) is 2.32. The third kappa shape index (κ3) is 4.69. The summed E-state index contributed by atoms with van der Waals surface area (Å²) < 4.78 is 5.23. The number of nitrogens with zero attached hydrogens (tertiary/aromatic N) is 1. The number of thiazole rings is 1. The molecule has 0 aliphatic heterocycles. The van der Waals surface area contributed by atoms with E-state index in [0.29, 0.717) is 23.2 Å². The van der Waals surface area contributed by atoms with Crippen LogP contribution in [-0.2, 0) is 19.7 Å². The SMILES string of the molecule is CCOC(=O)[C@@](CCC(=O)O)(CCC(C)C)c1csc(N)n1. The molecule has 0 spiro atoms. The molecule has 7 heteroatoms. The van der Waals surface area contributed by atoms with Gasteiger partial charge in [-0.1, -0.05) is 13.8 Å². The Morgan fingerprint density at radius 1 is 1.45 bits per heavy atom. The van der Waals surface area contributed by atoms with Gasteiger partial charge in [-0.05, 0) is 32.1 Å². The largest absolute Gasteiger partial charge is 0.481 e. The number of carboxylic acids is 1. The lowest BCUT2D eigenvalue weighted by molar-refractivity contribution is -0.151. The van der Waals surface area contributed by atoms with Crippen LogP contribution in [0.15, 0.2) is 5.38 Å². The molecule has 124 valence electrons. The Bertz CT molecular complexity index is 515. The molecule has 1 atom stereocenters. The van der Waals surface area contributed by atoms with Crippen LogP contribution in [0.5, 0.6) is 0 Å². The van der Waals surface area contributed by atoms with Gasteiger partial charge in [0.15, 0.2) is 5.13 Å². The molecule has 0 saturated heterocycles. The summed E-state index contributed by atoms with van der Waals surface area (Å²) in [6.45, 7) is 6.09. The quantitative estimate of drug-likeness (QED) is 0.676. The molecule has 0 fully saturated rings. The van der Waals surface area contributed by atoms with Crippen LogP contribution in [0.3, 0.4) is 0 Å². The first-order valence-corrected chi connectivity index (χ1v) is 8.30. The van der Waals surface area contributed by atoms with Gasteiger partial charge in [0.2, 0.25) is 0 Å². The Labute approximate surface area is 134 Å². The van der Waals surface area contributed by atoms with Gasteiger partial charge in [0.25, 0.3) is 0 Å². The lowest BCUT2D eigenvalue weighted by Crippen LogP contribution is -2.39. The molecule has 6 nitrogen and oxygen atoms in total. The zero-order valence-electron chi connectivity index (χ0n) is 13.3. The molecular formula is C15H24N2O4S. The second-order valence-electron chi connectivity index (χ2n) is 5.70. The summed E-state index contributed by atoms with van der Waals surface area (Å²) in [5, 5.41) is 11.1. The highest BCUT2D eigenvalue weighted by Gasteiger charge is 2.43. The normalized spacial score (nSPS) is 13.8. The van der Waals surface area contributed by atoms with E-state index in [1.54, 1.807) is 12.3 Å². The molecule has 0 aromatic carbocycles. The van der Waals surface area contributed by atoms with Crippen molar-refractivity contribution in [2.24, 2.45) is 5.92 Å². The summed E-state index contributed by atoms with van der Waals surface area (Å²) in [6, 6.07) is 0. The van der Waals surface area contributed by atoms with E-state index >= 15 is 0 Å². The third-order valence-electron chi connectivity index (χ3n) is 3.59. The zero-order valence-corrected chi connectivity index (χ0v) is 14.1. The standard InChI is InChI=1S/C15H24N2O4S/c1-4-21-13(20)15(7-5-10(2)3,8-6-12(18)19)11-9-22-14(16)17-11/h9-10H,4-8H2,1-3H3,(H2,16,17)(H,18,19)/t15-/m1/s1. The topological polar surface area (TPSA) is 103 Å². The van der Waals surface area contributed by atoms with Gasteiger partial charge in [0.1, 0.15) is 5.41 Å². The molecule has 22 heavy (non-hydrogen) atoms. The molecule has 0 aliphatic carbocycles. The molecule has 0 radical (unpaired) electrons. The van der Waals surface area contributed by atoms with Gasteiger partial charge >= 0.3 is 11.9 Å². The first-order valence-electron chi connectivity index (χ1n) is 7.42. The van der Waals surface area contributed by atoms with E-state index in [2.05, 4.69) is 18.8 Å². The molecule has 3 N–H and O–H groups in total. The second kappa shape index (κ2) is 8.12. The van der Waals surface area contributed by atoms with E-state index in [4.69, 9.17) is 15.6 Å². The Morgan fingerprint density at radius 2 is 2.14 bits per heavy atom. The third-order valence-corrected chi connectivity index (χ3v) is 4.27. The smallest absolute Gasteiger partial charge is 0.318 e. The lowest BCUT2D eigenvalue weighted by atomic mass is 9.75. The summed E-state index contributed by atoms with van der Waals surface area (Å²) in [5.41, 5.74) is 5.19. The predicted octanol–water partition coefficient (Wildman–Crippen LogP) is 2.83. The van der Waals surface area contributed by atoms with Crippen molar-refractivity contribution < 1.29 is 19.4 Å². The highest BCUT2D eigenvalue weighted by molar-refractivity contribution is 7.13. The highest BCUT2D eigenvalue weighted by atomic mass is 32.1. The van der Waals surface area contributed by atoms with Crippen molar-refractivity contribution in [3.05, 3.63) is 11.1 Å². The number of carbonyl (C=O) groups excluding carboxylic acids is 1. The summed E-state index contributed by atoms with van der Waals surface area (Å²) in [4.78, 5) is 27.9. The van der Waals surface area contributed by atoms with Gasteiger partial charge in [-0.2, -0.15) is 0 Å². The Kier molecular flexibility index (Phi) is 6.80. The minimum atomic E-state index is -1.03. The Morgan fingerprint density at radius 3 is 2.59 bits per heavy atom. The van der Waals surface area contributed by atoms with E-state index in [-0.39, 0.29) is 19.4 Å². The highest BCUT2D eigenvalue weighted by Crippen LogP contribution is 2.38. The maximum atomic E-state index is 12.6. The van der Waals surface area contributed by atoms with Crippen molar-refractivity contribution in [2.75, 3.05) is 12.3 Å². The number of aliphatic carboxylic acids is 1. The number of anilines is 1. The molecule has 0 aliphatic rings. The summed E-state index contributed by atoms with van der Waals surface area (Å²) in [6.07, 6.45) is 1.32. The van der Waals surface area contributed by atoms with Gasteiger partial charge in [-0.15, -0.1) is 11.3 Å². The fraction of sp³-hybridized carbons (Fsp3) is 0.667. The van der Waals surface area contributed by atoms with E-state index in [1.807, 2.05) is 0 Å². The van der Waals surface area contributed by atoms with Gasteiger partial charge in [-0.25, -0.2) is 4.98 Å². The monoisotopic (exact) mass is 328 g/mol. The molecule has 0 amide bonds. The molecule has 0 saturated carbocycles. The van der Waals surface area contributed by atoms with Crippen LogP contribution in [0, 0.1) is 5.92 Å². The van der Waals surface area contributed by atoms with E-state index < -0.39 is 17.4 Å². The minimum Gasteiger partial charge on any atom is -0.481 e. The van der Waals surface area contributed by atoms with Crippen molar-refractivity contribution in [2.45, 2.75) is 51.9 Å². The van der Waals surface area contributed by atoms with Gasteiger partial charge < -0.3 is 15.6 Å². The predicted molar refractivity (Wildman–Crippen MR) is 85.8 cm³/mol. The number of carboxylic acid groups (broad SMARTS) is 1. The summed E-state index contributed by atoms with van der Waals surface area (Å²) in [5.74, 6) is -0.974. The minimum absolute atomic E-state index is 0.117. The number of nitrogen functional groups attached to an aromatic ring is 1. The average Bonchev–Trinajstić information content (AvgIpc) is 2.86. The van der Waals surface area contributed by atoms with Crippen LogP contribution in [0.2, 0.25) is 0 Å². The van der Waals surface area contributed by atoms with Crippen LogP contribution in [0.4, 0.5) is 5.13 Å². The van der Waals surface area contributed by atoms with Crippen LogP contribution in [0.25, 0.3) is 0 Å². The number of hydrogen-bond donors (Lipinski definition) is 2. The summed E-state index contributed by atoms with van der Waals surface area (Å²) in [7, 11) is 0. The Balaban J connectivity index is 3.20. The number of carbonyl (C=O) groups is 2. The van der Waals surface area contributed by atoms with Crippen molar-refractivity contribution >= 4 is 28.4 Å². The van der Waals surface area contributed by atoms with Crippen LogP contribution < -0.4 is 5.73 Å². The molecule has 1 aromatic rings. The molecule has 1 aromatic heterocycles. The van der Waals surface area contributed by atoms with Crippen molar-refractivity contribution in [3.8, 4) is 0 Å². The molecule has 0 unspecified atom stereocenters. The zero-order chi connectivity index (χ0) is 16.8. The van der Waals surface area contributed by atoms with Gasteiger partial charge in [0.05, 0.1) is 12.3 Å². The summed E-state index contributed by atoms with van der Waals surface area (Å²) >= 11 is 1.25. The Hall–Kier alpha value is -1.63. The van der Waals surface area contributed by atoms with Gasteiger partial charge in [0, 0.05) is 11.8 Å². The lowest BCUT2D eigenvalue weighted by Gasteiger charge is -2.30. The van der Waals surface area contributed by atoms with Crippen molar-refractivity contribution in [1.82, 2.24) is 4.98 Å². The number of aromatic nitrogens is 1. The van der Waals surface area contributed by atoms with E-state index in [1.165, 1.54) is 11.3 Å². The van der Waals surface area contributed by atoms with Crippen LogP contribution in [0.1, 0.15) is 52.1 Å². The van der Waals surface area contributed by atoms with Crippen molar-refractivity contribution in [1.29, 1.82) is 0 Å². The first kappa shape index (κ1) is 18.4. The fourth-order valence-corrected chi connectivity index (χ4v) is 2.98. The number of nitrogens with two attached hydrogens (primary N) is 1. The van der Waals surface area contributed by atoms with Crippen LogP contribution in [-0.4, -0.2) is 28.6 Å². The number of rotatable bonds is 9. The maximum absolute atomic E-state index is 12.6. The first-order chi connectivity index (χ1) is 10.3. The molecule has 0 bridgehead atoms. The van der Waals surface area contributed by atoms with Gasteiger partial charge in [-0.3, -0.25) is 9.59 Å².